The first-order valence-electron chi connectivity index (χ1n) is 13.2. The molecule has 0 bridgehead atoms. The number of ether oxygens (including phenoxy) is 2. The van der Waals surface area contributed by atoms with E-state index in [4.69, 9.17) is 22.8 Å². The van der Waals surface area contributed by atoms with Gasteiger partial charge < -0.3 is 27.9 Å². The van der Waals surface area contributed by atoms with E-state index >= 15 is 0 Å². The normalized spacial score (nSPS) is 27.2. The Labute approximate surface area is 224 Å². The Balaban J connectivity index is 3.68. The molecule has 1 rings (SSSR count). The minimum Gasteiger partial charge on any atom is -0.463 e. The molecule has 1 unspecified atom stereocenters. The van der Waals surface area contributed by atoms with E-state index < -0.39 is 61.6 Å². The van der Waals surface area contributed by atoms with E-state index in [1.165, 1.54) is 6.92 Å². The van der Waals surface area contributed by atoms with Crippen LogP contribution < -0.4 is 0 Å². The van der Waals surface area contributed by atoms with Crippen molar-refractivity contribution in [3.8, 4) is 0 Å². The maximum Gasteiger partial charge on any atom is 0.302 e. The fraction of sp³-hybridized carbons (Fsp3) is 0.962. The molecule has 1 aliphatic heterocycles. The van der Waals surface area contributed by atoms with Crippen LogP contribution in [-0.4, -0.2) is 73.3 Å². The maximum atomic E-state index is 11.7. The minimum atomic E-state index is -2.33. The summed E-state index contributed by atoms with van der Waals surface area (Å²) in [6.07, 6.45) is -3.75. The predicted molar refractivity (Wildman–Crippen MR) is 154 cm³/mol. The summed E-state index contributed by atoms with van der Waals surface area (Å²) in [5, 5.41) is 11.1. The van der Waals surface area contributed by atoms with Gasteiger partial charge in [0.2, 0.25) is 0 Å². The zero-order valence-electron chi connectivity index (χ0n) is 26.0. The summed E-state index contributed by atoms with van der Waals surface area (Å²) >= 11 is 0. The number of hydrogen-bond acceptors (Lipinski definition) is 7. The van der Waals surface area contributed by atoms with E-state index in [0.717, 1.165) is 0 Å². The van der Waals surface area contributed by atoms with E-state index in [-0.39, 0.29) is 21.7 Å². The van der Waals surface area contributed by atoms with Crippen LogP contribution in [0, 0.1) is 0 Å². The van der Waals surface area contributed by atoms with Gasteiger partial charge in [0.1, 0.15) is 31.0 Å². The van der Waals surface area contributed by atoms with Crippen LogP contribution in [0.15, 0.2) is 0 Å². The molecule has 1 fully saturated rings. The second-order valence-electron chi connectivity index (χ2n) is 14.9. The molecule has 1 N–H and O–H groups in total. The van der Waals surface area contributed by atoms with Crippen molar-refractivity contribution in [1.82, 2.24) is 0 Å². The standard InChI is InChI=1S/C26H56O7Si3/c1-18(27)29-17-19-20(31-34(11,12)24(2,3)4)21(32-35(13,14)25(5,6)7)22(23(28)30-19)33-36(15,16)26(8,9)10/h19-23,28H,17H2,1-16H3/t19-,20+,21+,22-,23?/m1/s1. The Morgan fingerprint density at radius 1 is 0.694 bits per heavy atom. The minimum absolute atomic E-state index is 0.0180. The Morgan fingerprint density at radius 3 is 1.36 bits per heavy atom. The van der Waals surface area contributed by atoms with Crippen LogP contribution in [0.25, 0.3) is 0 Å². The van der Waals surface area contributed by atoms with Crippen molar-refractivity contribution >= 4 is 30.9 Å². The van der Waals surface area contributed by atoms with Gasteiger partial charge in [-0.2, -0.15) is 0 Å². The molecule has 0 aromatic heterocycles. The molecule has 0 aliphatic carbocycles. The van der Waals surface area contributed by atoms with E-state index in [1.807, 2.05) is 0 Å². The Morgan fingerprint density at radius 2 is 1.03 bits per heavy atom. The monoisotopic (exact) mass is 564 g/mol. The summed E-state index contributed by atoms with van der Waals surface area (Å²) in [5.41, 5.74) is 0. The SMILES string of the molecule is CC(=O)OC[C@H]1OC(O)[C@H](O[Si](C)(C)C(C)(C)C)[C@@H](O[Si](C)(C)C(C)(C)C)[C@H]1O[Si](C)(C)C(C)(C)C. The van der Waals surface area contributed by atoms with Gasteiger partial charge >= 0.3 is 5.97 Å². The molecule has 0 aromatic rings. The first kappa shape index (κ1) is 33.9. The fourth-order valence-corrected chi connectivity index (χ4v) is 7.09. The van der Waals surface area contributed by atoms with Gasteiger partial charge in [-0.05, 0) is 54.4 Å². The molecule has 1 saturated heterocycles. The molecule has 1 heterocycles. The lowest BCUT2D eigenvalue weighted by molar-refractivity contribution is -0.278. The molecule has 0 saturated carbocycles. The summed E-state index contributed by atoms with van der Waals surface area (Å²) in [5.74, 6) is -0.402. The van der Waals surface area contributed by atoms with Crippen molar-refractivity contribution in [1.29, 1.82) is 0 Å². The van der Waals surface area contributed by atoms with Crippen LogP contribution in [0.4, 0.5) is 0 Å². The zero-order valence-corrected chi connectivity index (χ0v) is 29.0. The van der Waals surface area contributed by atoms with Gasteiger partial charge in [-0.1, -0.05) is 62.3 Å². The fourth-order valence-electron chi connectivity index (χ4n) is 3.18. The van der Waals surface area contributed by atoms with Crippen LogP contribution in [0.5, 0.6) is 0 Å². The van der Waals surface area contributed by atoms with Crippen LogP contribution in [0.1, 0.15) is 69.2 Å². The van der Waals surface area contributed by atoms with Gasteiger partial charge in [-0.3, -0.25) is 4.79 Å². The van der Waals surface area contributed by atoms with Crippen LogP contribution >= 0.6 is 0 Å². The van der Waals surface area contributed by atoms with Crippen molar-refractivity contribution in [2.45, 2.75) is 154 Å². The number of aliphatic hydroxyl groups excluding tert-OH is 1. The molecule has 0 radical (unpaired) electrons. The lowest BCUT2D eigenvalue weighted by atomic mass is 9.99. The highest BCUT2D eigenvalue weighted by atomic mass is 28.4. The highest BCUT2D eigenvalue weighted by Gasteiger charge is 2.56. The Hall–Kier alpha value is -0.0794. The first-order chi connectivity index (χ1) is 15.7. The molecule has 214 valence electrons. The number of carbonyl (C=O) groups excluding carboxylic acids is 1. The van der Waals surface area contributed by atoms with Crippen molar-refractivity contribution in [3.05, 3.63) is 0 Å². The average Bonchev–Trinajstić information content (AvgIpc) is 2.62. The smallest absolute Gasteiger partial charge is 0.302 e. The summed E-state index contributed by atoms with van der Waals surface area (Å²) in [7, 11) is -6.95. The molecule has 5 atom stereocenters. The average molecular weight is 565 g/mol. The van der Waals surface area contributed by atoms with Gasteiger partial charge in [0, 0.05) is 6.92 Å². The van der Waals surface area contributed by atoms with E-state index in [1.54, 1.807) is 0 Å². The quantitative estimate of drug-likeness (QED) is 0.268. The van der Waals surface area contributed by atoms with Crippen molar-refractivity contribution < 1.29 is 32.7 Å². The molecule has 7 nitrogen and oxygen atoms in total. The number of esters is 1. The van der Waals surface area contributed by atoms with Crippen LogP contribution in [0.2, 0.25) is 54.4 Å². The third-order valence-corrected chi connectivity index (χ3v) is 22.2. The second kappa shape index (κ2) is 11.2. The Kier molecular flexibility index (Phi) is 10.6. The third kappa shape index (κ3) is 8.21. The number of aliphatic hydroxyl groups is 1. The summed E-state index contributed by atoms with van der Waals surface area (Å²) < 4.78 is 32.3. The van der Waals surface area contributed by atoms with Gasteiger partial charge in [0.15, 0.2) is 31.2 Å². The molecule has 0 amide bonds. The lowest BCUT2D eigenvalue weighted by Gasteiger charge is -2.53. The second-order valence-corrected chi connectivity index (χ2v) is 29.2. The summed E-state index contributed by atoms with van der Waals surface area (Å²) in [6.45, 7) is 34.1. The number of hydrogen-bond donors (Lipinski definition) is 1. The molecule has 1 aliphatic rings. The summed E-state index contributed by atoms with van der Waals surface area (Å²) in [6, 6.07) is 0. The van der Waals surface area contributed by atoms with Gasteiger partial charge in [-0.25, -0.2) is 0 Å². The largest absolute Gasteiger partial charge is 0.463 e. The maximum absolute atomic E-state index is 11.7. The molecule has 0 spiro atoms. The zero-order chi connectivity index (χ0) is 28.7. The predicted octanol–water partition coefficient (Wildman–Crippen LogP) is 6.44. The van der Waals surface area contributed by atoms with Crippen molar-refractivity contribution in [2.24, 2.45) is 0 Å². The molecular formula is C26H56O7Si3. The topological polar surface area (TPSA) is 83.5 Å². The summed E-state index contributed by atoms with van der Waals surface area (Å²) in [4.78, 5) is 11.7. The lowest BCUT2D eigenvalue weighted by Crippen LogP contribution is -2.68. The molecule has 10 heteroatoms. The van der Waals surface area contributed by atoms with Crippen molar-refractivity contribution in [3.63, 3.8) is 0 Å². The molecule has 36 heavy (non-hydrogen) atoms. The molecule has 0 aromatic carbocycles. The van der Waals surface area contributed by atoms with E-state index in [2.05, 4.69) is 102 Å². The van der Waals surface area contributed by atoms with E-state index in [9.17, 15) is 9.90 Å². The highest BCUT2D eigenvalue weighted by molar-refractivity contribution is 6.75. The van der Waals surface area contributed by atoms with Gasteiger partial charge in [0.25, 0.3) is 0 Å². The Bertz CT molecular complexity index is 748. The van der Waals surface area contributed by atoms with Gasteiger partial charge in [0.05, 0.1) is 0 Å². The van der Waals surface area contributed by atoms with Gasteiger partial charge in [-0.15, -0.1) is 0 Å². The number of rotatable bonds is 8. The van der Waals surface area contributed by atoms with Crippen molar-refractivity contribution in [2.75, 3.05) is 6.61 Å². The van der Waals surface area contributed by atoms with Crippen LogP contribution in [-0.2, 0) is 27.5 Å². The van der Waals surface area contributed by atoms with Crippen LogP contribution in [0.3, 0.4) is 0 Å². The highest BCUT2D eigenvalue weighted by Crippen LogP contribution is 2.45. The number of carbonyl (C=O) groups is 1. The third-order valence-electron chi connectivity index (χ3n) is 8.77. The first-order valence-corrected chi connectivity index (χ1v) is 22.0. The molecular weight excluding hydrogens is 509 g/mol. The van der Waals surface area contributed by atoms with E-state index in [0.29, 0.717) is 0 Å².